The molecule has 0 spiro atoms. The van der Waals surface area contributed by atoms with Crippen LogP contribution in [0.4, 0.5) is 4.39 Å². The van der Waals surface area contributed by atoms with Crippen molar-refractivity contribution in [2.45, 2.75) is 45.4 Å². The van der Waals surface area contributed by atoms with Crippen molar-refractivity contribution in [2.75, 3.05) is 19.7 Å². The highest BCUT2D eigenvalue weighted by Gasteiger charge is 2.45. The van der Waals surface area contributed by atoms with Gasteiger partial charge in [-0.15, -0.1) is 0 Å². The number of likely N-dealkylation sites (tertiary alicyclic amines) is 1. The van der Waals surface area contributed by atoms with Gasteiger partial charge >= 0.3 is 5.97 Å². The van der Waals surface area contributed by atoms with Crippen molar-refractivity contribution in [3.8, 4) is 0 Å². The Morgan fingerprint density at radius 1 is 1.24 bits per heavy atom. The maximum atomic E-state index is 13.2. The van der Waals surface area contributed by atoms with Crippen molar-refractivity contribution in [3.63, 3.8) is 0 Å². The fourth-order valence-corrected chi connectivity index (χ4v) is 3.89. The predicted octanol–water partition coefficient (Wildman–Crippen LogP) is 3.34. The fraction of sp³-hybridized carbons (Fsp3) is 0.600. The van der Waals surface area contributed by atoms with Gasteiger partial charge < -0.3 is 9.64 Å². The molecule has 0 aromatic heterocycles. The molecule has 2 aliphatic rings. The van der Waals surface area contributed by atoms with Crippen LogP contribution < -0.4 is 0 Å². The maximum Gasteiger partial charge on any atom is 0.314 e. The Labute approximate surface area is 148 Å². The topological polar surface area (TPSA) is 46.6 Å². The number of ether oxygens (including phenoxy) is 1. The van der Waals surface area contributed by atoms with Crippen LogP contribution in [0.15, 0.2) is 24.3 Å². The maximum absolute atomic E-state index is 13.2. The molecular weight excluding hydrogens is 321 g/mol. The number of carbonyl (C=O) groups excluding carboxylic acids is 2. The lowest BCUT2D eigenvalue weighted by Gasteiger charge is -2.43. The summed E-state index contributed by atoms with van der Waals surface area (Å²) in [4.78, 5) is 27.3. The van der Waals surface area contributed by atoms with E-state index in [-0.39, 0.29) is 23.6 Å². The number of amides is 1. The van der Waals surface area contributed by atoms with Crippen LogP contribution in [-0.4, -0.2) is 36.5 Å². The van der Waals surface area contributed by atoms with E-state index in [1.54, 1.807) is 19.1 Å². The van der Waals surface area contributed by atoms with Gasteiger partial charge in [-0.2, -0.15) is 0 Å². The van der Waals surface area contributed by atoms with Gasteiger partial charge in [0.1, 0.15) is 5.82 Å². The first-order valence-electron chi connectivity index (χ1n) is 9.24. The van der Waals surface area contributed by atoms with E-state index in [9.17, 15) is 14.0 Å². The zero-order chi connectivity index (χ0) is 17.9. The average Bonchev–Trinajstić information content (AvgIpc) is 2.56. The lowest BCUT2D eigenvalue weighted by Crippen LogP contribution is -2.53. The smallest absolute Gasteiger partial charge is 0.314 e. The molecule has 136 valence electrons. The summed E-state index contributed by atoms with van der Waals surface area (Å²) in [5, 5.41) is 0. The van der Waals surface area contributed by atoms with E-state index in [0.717, 1.165) is 31.2 Å². The van der Waals surface area contributed by atoms with Gasteiger partial charge in [-0.05, 0) is 56.7 Å². The number of esters is 1. The third-order valence-corrected chi connectivity index (χ3v) is 5.51. The van der Waals surface area contributed by atoms with Crippen LogP contribution in [0.5, 0.6) is 0 Å². The van der Waals surface area contributed by atoms with Gasteiger partial charge in [0, 0.05) is 19.0 Å². The Hall–Kier alpha value is -1.91. The standard InChI is InChI=1S/C20H26FNO3/c1-2-25-19(24)20(13-15-7-9-17(21)10-8-15)11-4-12-22(14-20)18(23)16-5-3-6-16/h7-10,16H,2-6,11-14H2,1H3/t20-/m0/s1. The molecule has 2 fully saturated rings. The van der Waals surface area contributed by atoms with Gasteiger partial charge in [0.2, 0.25) is 5.91 Å². The molecule has 0 bridgehead atoms. The summed E-state index contributed by atoms with van der Waals surface area (Å²) < 4.78 is 18.6. The van der Waals surface area contributed by atoms with Gasteiger partial charge in [-0.3, -0.25) is 9.59 Å². The number of benzene rings is 1. The van der Waals surface area contributed by atoms with Crippen LogP contribution in [0.2, 0.25) is 0 Å². The molecule has 1 aromatic rings. The van der Waals surface area contributed by atoms with Crippen LogP contribution in [0, 0.1) is 17.2 Å². The van der Waals surface area contributed by atoms with Crippen LogP contribution in [0.1, 0.15) is 44.6 Å². The molecule has 25 heavy (non-hydrogen) atoms. The van der Waals surface area contributed by atoms with Crippen molar-refractivity contribution < 1.29 is 18.7 Å². The van der Waals surface area contributed by atoms with Gasteiger partial charge in [0.25, 0.3) is 0 Å². The quantitative estimate of drug-likeness (QED) is 0.768. The predicted molar refractivity (Wildman–Crippen MR) is 92.3 cm³/mol. The summed E-state index contributed by atoms with van der Waals surface area (Å²) in [6, 6.07) is 6.24. The molecule has 0 radical (unpaired) electrons. The van der Waals surface area contributed by atoms with Crippen molar-refractivity contribution in [1.29, 1.82) is 0 Å². The fourth-order valence-electron chi connectivity index (χ4n) is 3.89. The van der Waals surface area contributed by atoms with Crippen LogP contribution >= 0.6 is 0 Å². The lowest BCUT2D eigenvalue weighted by atomic mass is 9.74. The van der Waals surface area contributed by atoms with Crippen molar-refractivity contribution in [1.82, 2.24) is 4.90 Å². The third-order valence-electron chi connectivity index (χ3n) is 5.51. The molecule has 5 heteroatoms. The molecule has 3 rings (SSSR count). The molecule has 1 aliphatic carbocycles. The van der Waals surface area contributed by atoms with E-state index < -0.39 is 5.41 Å². The largest absolute Gasteiger partial charge is 0.466 e. The minimum atomic E-state index is -0.731. The molecule has 1 saturated heterocycles. The van der Waals surface area contributed by atoms with E-state index in [0.29, 0.717) is 32.5 Å². The number of carbonyl (C=O) groups is 2. The number of piperidine rings is 1. The van der Waals surface area contributed by atoms with Gasteiger partial charge in [0.15, 0.2) is 0 Å². The molecule has 1 saturated carbocycles. The van der Waals surface area contributed by atoms with Crippen molar-refractivity contribution >= 4 is 11.9 Å². The first-order chi connectivity index (χ1) is 12.0. The number of rotatable bonds is 5. The molecule has 1 amide bonds. The molecule has 1 atom stereocenters. The first kappa shape index (κ1) is 17.9. The minimum absolute atomic E-state index is 0.129. The van der Waals surface area contributed by atoms with E-state index in [1.165, 1.54) is 12.1 Å². The lowest BCUT2D eigenvalue weighted by molar-refractivity contribution is -0.162. The number of hydrogen-bond acceptors (Lipinski definition) is 3. The summed E-state index contributed by atoms with van der Waals surface area (Å²) in [6.07, 6.45) is 4.99. The average molecular weight is 347 g/mol. The van der Waals surface area contributed by atoms with E-state index >= 15 is 0 Å². The molecular formula is C20H26FNO3. The summed E-state index contributed by atoms with van der Waals surface area (Å²) in [6.45, 7) is 3.22. The zero-order valence-corrected chi connectivity index (χ0v) is 14.8. The Bertz CT molecular complexity index is 626. The Balaban J connectivity index is 1.81. The normalized spacial score (nSPS) is 23.8. The first-order valence-corrected chi connectivity index (χ1v) is 9.24. The second kappa shape index (κ2) is 7.54. The highest BCUT2D eigenvalue weighted by Crippen LogP contribution is 2.37. The Kier molecular flexibility index (Phi) is 5.40. The highest BCUT2D eigenvalue weighted by molar-refractivity contribution is 5.82. The number of halogens is 1. The SMILES string of the molecule is CCOC(=O)[C@]1(Cc2ccc(F)cc2)CCCN(C(=O)C2CCC2)C1. The molecule has 0 N–H and O–H groups in total. The Morgan fingerprint density at radius 3 is 2.56 bits per heavy atom. The monoisotopic (exact) mass is 347 g/mol. The second-order valence-electron chi connectivity index (χ2n) is 7.30. The molecule has 1 aromatic carbocycles. The second-order valence-corrected chi connectivity index (χ2v) is 7.30. The third kappa shape index (κ3) is 3.86. The van der Waals surface area contributed by atoms with Crippen molar-refractivity contribution in [2.24, 2.45) is 11.3 Å². The van der Waals surface area contributed by atoms with Gasteiger partial charge in [-0.1, -0.05) is 18.6 Å². The van der Waals surface area contributed by atoms with Gasteiger partial charge in [0.05, 0.1) is 12.0 Å². The minimum Gasteiger partial charge on any atom is -0.466 e. The van der Waals surface area contributed by atoms with Crippen molar-refractivity contribution in [3.05, 3.63) is 35.6 Å². The van der Waals surface area contributed by atoms with Gasteiger partial charge in [-0.25, -0.2) is 4.39 Å². The van der Waals surface area contributed by atoms with Crippen LogP contribution in [0.25, 0.3) is 0 Å². The van der Waals surface area contributed by atoms with E-state index in [1.807, 2.05) is 4.90 Å². The highest BCUT2D eigenvalue weighted by atomic mass is 19.1. The molecule has 4 nitrogen and oxygen atoms in total. The summed E-state index contributed by atoms with van der Waals surface area (Å²) in [5.41, 5.74) is 0.165. The Morgan fingerprint density at radius 2 is 1.96 bits per heavy atom. The number of nitrogens with zero attached hydrogens (tertiary/aromatic N) is 1. The molecule has 1 heterocycles. The van der Waals surface area contributed by atoms with E-state index in [2.05, 4.69) is 0 Å². The van der Waals surface area contributed by atoms with Crippen LogP contribution in [-0.2, 0) is 20.7 Å². The van der Waals surface area contributed by atoms with E-state index in [4.69, 9.17) is 4.74 Å². The van der Waals surface area contributed by atoms with Crippen LogP contribution in [0.3, 0.4) is 0 Å². The summed E-state index contributed by atoms with van der Waals surface area (Å²) in [7, 11) is 0. The molecule has 1 aliphatic heterocycles. The molecule has 0 unspecified atom stereocenters. The summed E-state index contributed by atoms with van der Waals surface area (Å²) >= 11 is 0. The number of hydrogen-bond donors (Lipinski definition) is 0. The zero-order valence-electron chi connectivity index (χ0n) is 14.8. The summed E-state index contributed by atoms with van der Waals surface area (Å²) in [5.74, 6) is -0.229.